The van der Waals surface area contributed by atoms with Crippen molar-refractivity contribution in [3.63, 3.8) is 0 Å². The number of benzene rings is 2. The summed E-state index contributed by atoms with van der Waals surface area (Å²) in [7, 11) is 0. The number of hydrogen-bond donors (Lipinski definition) is 0. The molecule has 0 fully saturated rings. The predicted octanol–water partition coefficient (Wildman–Crippen LogP) is 5.25. The van der Waals surface area contributed by atoms with E-state index in [9.17, 15) is 0 Å². The molecule has 1 aromatic heterocycles. The topological polar surface area (TPSA) is 17.8 Å². The van der Waals surface area contributed by atoms with E-state index in [1.165, 1.54) is 17.5 Å². The van der Waals surface area contributed by atoms with Crippen LogP contribution in [0.5, 0.6) is 0 Å². The highest BCUT2D eigenvalue weighted by molar-refractivity contribution is 5.25. The lowest BCUT2D eigenvalue weighted by Gasteiger charge is -2.29. The molecule has 2 nitrogen and oxygen atoms in total. The maximum absolute atomic E-state index is 4.27. The van der Waals surface area contributed by atoms with Gasteiger partial charge >= 0.3 is 0 Å². The Hall–Kier alpha value is -2.35. The summed E-state index contributed by atoms with van der Waals surface area (Å²) >= 11 is 0. The van der Waals surface area contributed by atoms with Crippen LogP contribution in [0.25, 0.3) is 0 Å². The SMILES string of the molecule is CCCC(C(Cc1ccccc1)c1ccccc1)n1ccnc1. The third-order valence-corrected chi connectivity index (χ3v) is 4.48. The lowest BCUT2D eigenvalue weighted by atomic mass is 9.84. The van der Waals surface area contributed by atoms with Crippen molar-refractivity contribution >= 4 is 0 Å². The molecule has 0 spiro atoms. The molecule has 3 aromatic rings. The van der Waals surface area contributed by atoms with Crippen molar-refractivity contribution in [3.05, 3.63) is 90.5 Å². The monoisotopic (exact) mass is 304 g/mol. The van der Waals surface area contributed by atoms with Gasteiger partial charge in [0.2, 0.25) is 0 Å². The van der Waals surface area contributed by atoms with Crippen molar-refractivity contribution in [1.82, 2.24) is 9.55 Å². The first-order valence-electron chi connectivity index (χ1n) is 8.44. The van der Waals surface area contributed by atoms with Gasteiger partial charge in [-0.05, 0) is 24.0 Å². The van der Waals surface area contributed by atoms with E-state index in [4.69, 9.17) is 0 Å². The number of hydrogen-bond acceptors (Lipinski definition) is 1. The van der Waals surface area contributed by atoms with Crippen molar-refractivity contribution < 1.29 is 0 Å². The number of imidazole rings is 1. The molecule has 0 bridgehead atoms. The molecular formula is C21H24N2. The van der Waals surface area contributed by atoms with E-state index in [0.29, 0.717) is 12.0 Å². The molecule has 1 heterocycles. The lowest BCUT2D eigenvalue weighted by molar-refractivity contribution is 0.379. The largest absolute Gasteiger partial charge is 0.334 e. The zero-order chi connectivity index (χ0) is 15.9. The molecule has 2 aromatic carbocycles. The van der Waals surface area contributed by atoms with Crippen LogP contribution in [0, 0.1) is 0 Å². The molecule has 0 aliphatic carbocycles. The Kier molecular flexibility index (Phi) is 5.25. The highest BCUT2D eigenvalue weighted by Crippen LogP contribution is 2.35. The van der Waals surface area contributed by atoms with E-state index < -0.39 is 0 Å². The Morgan fingerprint density at radius 2 is 1.65 bits per heavy atom. The Bertz CT molecular complexity index is 674. The zero-order valence-electron chi connectivity index (χ0n) is 13.7. The molecule has 0 aliphatic heterocycles. The Balaban J connectivity index is 1.96. The van der Waals surface area contributed by atoms with Gasteiger partial charge in [-0.25, -0.2) is 4.98 Å². The quantitative estimate of drug-likeness (QED) is 0.583. The smallest absolute Gasteiger partial charge is 0.0948 e. The molecule has 23 heavy (non-hydrogen) atoms. The predicted molar refractivity (Wildman–Crippen MR) is 95.5 cm³/mol. The van der Waals surface area contributed by atoms with Crippen LogP contribution in [0.2, 0.25) is 0 Å². The summed E-state index contributed by atoms with van der Waals surface area (Å²) in [5.74, 6) is 0.452. The maximum atomic E-state index is 4.27. The molecule has 0 radical (unpaired) electrons. The molecule has 3 rings (SSSR count). The van der Waals surface area contributed by atoms with E-state index >= 15 is 0 Å². The van der Waals surface area contributed by atoms with Crippen LogP contribution in [0.1, 0.15) is 42.9 Å². The Morgan fingerprint density at radius 3 is 2.26 bits per heavy atom. The molecule has 0 amide bonds. The number of aromatic nitrogens is 2. The summed E-state index contributed by atoms with van der Waals surface area (Å²) in [5.41, 5.74) is 2.80. The summed E-state index contributed by atoms with van der Waals surface area (Å²) in [6.07, 6.45) is 9.31. The summed E-state index contributed by atoms with van der Waals surface area (Å²) in [4.78, 5) is 4.27. The van der Waals surface area contributed by atoms with Crippen LogP contribution in [0.3, 0.4) is 0 Å². The highest BCUT2D eigenvalue weighted by atomic mass is 15.1. The van der Waals surface area contributed by atoms with Crippen LogP contribution < -0.4 is 0 Å². The fourth-order valence-corrected chi connectivity index (χ4v) is 3.36. The van der Waals surface area contributed by atoms with Gasteiger partial charge in [-0.15, -0.1) is 0 Å². The van der Waals surface area contributed by atoms with Gasteiger partial charge in [0.25, 0.3) is 0 Å². The average molecular weight is 304 g/mol. The Labute approximate surface area is 138 Å². The first-order chi connectivity index (χ1) is 11.4. The van der Waals surface area contributed by atoms with Crippen LogP contribution in [-0.2, 0) is 6.42 Å². The number of rotatable bonds is 7. The van der Waals surface area contributed by atoms with Crippen molar-refractivity contribution in [2.75, 3.05) is 0 Å². The van der Waals surface area contributed by atoms with Gasteiger partial charge in [0.1, 0.15) is 0 Å². The fourth-order valence-electron chi connectivity index (χ4n) is 3.36. The fraction of sp³-hybridized carbons (Fsp3) is 0.286. The van der Waals surface area contributed by atoms with Gasteiger partial charge in [-0.2, -0.15) is 0 Å². The summed E-state index contributed by atoms with van der Waals surface area (Å²) in [6.45, 7) is 2.26. The maximum Gasteiger partial charge on any atom is 0.0948 e. The van der Waals surface area contributed by atoms with E-state index in [1.807, 2.05) is 12.5 Å². The summed E-state index contributed by atoms with van der Waals surface area (Å²) in [6, 6.07) is 22.1. The standard InChI is InChI=1S/C21H24N2/c1-2-9-21(23-15-14-22-17-23)20(19-12-7-4-8-13-19)16-18-10-5-3-6-11-18/h3-8,10-15,17,20-21H,2,9,16H2,1H3. The van der Waals surface area contributed by atoms with E-state index in [1.54, 1.807) is 0 Å². The van der Waals surface area contributed by atoms with Crippen LogP contribution in [0.15, 0.2) is 79.4 Å². The van der Waals surface area contributed by atoms with Gasteiger partial charge in [0.15, 0.2) is 0 Å². The molecule has 0 N–H and O–H groups in total. The first kappa shape index (κ1) is 15.5. The van der Waals surface area contributed by atoms with E-state index in [2.05, 4.69) is 83.3 Å². The van der Waals surface area contributed by atoms with Crippen molar-refractivity contribution in [2.24, 2.45) is 0 Å². The van der Waals surface area contributed by atoms with Gasteiger partial charge in [0.05, 0.1) is 6.33 Å². The molecule has 118 valence electrons. The van der Waals surface area contributed by atoms with Gasteiger partial charge < -0.3 is 4.57 Å². The van der Waals surface area contributed by atoms with Gasteiger partial charge in [-0.3, -0.25) is 0 Å². The van der Waals surface area contributed by atoms with Crippen molar-refractivity contribution in [1.29, 1.82) is 0 Å². The molecule has 0 aliphatic rings. The highest BCUT2D eigenvalue weighted by Gasteiger charge is 2.24. The molecule has 0 saturated carbocycles. The van der Waals surface area contributed by atoms with Gasteiger partial charge in [0, 0.05) is 24.4 Å². The minimum absolute atomic E-state index is 0.435. The summed E-state index contributed by atoms with van der Waals surface area (Å²) < 4.78 is 2.28. The normalized spacial score (nSPS) is 13.6. The molecule has 2 unspecified atom stereocenters. The van der Waals surface area contributed by atoms with Crippen LogP contribution in [-0.4, -0.2) is 9.55 Å². The summed E-state index contributed by atoms with van der Waals surface area (Å²) in [5, 5.41) is 0. The molecular weight excluding hydrogens is 280 g/mol. The van der Waals surface area contributed by atoms with Crippen molar-refractivity contribution in [2.45, 2.75) is 38.1 Å². The third kappa shape index (κ3) is 3.89. The number of nitrogens with zero attached hydrogens (tertiary/aromatic N) is 2. The second kappa shape index (κ2) is 7.77. The Morgan fingerprint density at radius 1 is 0.957 bits per heavy atom. The third-order valence-electron chi connectivity index (χ3n) is 4.48. The minimum Gasteiger partial charge on any atom is -0.334 e. The molecule has 2 heteroatoms. The molecule has 2 atom stereocenters. The average Bonchev–Trinajstić information content (AvgIpc) is 3.14. The zero-order valence-corrected chi connectivity index (χ0v) is 13.7. The van der Waals surface area contributed by atoms with E-state index in [0.717, 1.165) is 12.8 Å². The second-order valence-corrected chi connectivity index (χ2v) is 6.07. The van der Waals surface area contributed by atoms with Crippen LogP contribution >= 0.6 is 0 Å². The van der Waals surface area contributed by atoms with Gasteiger partial charge in [-0.1, -0.05) is 74.0 Å². The minimum atomic E-state index is 0.435. The molecule has 0 saturated heterocycles. The van der Waals surface area contributed by atoms with E-state index in [-0.39, 0.29) is 0 Å². The first-order valence-corrected chi connectivity index (χ1v) is 8.44. The van der Waals surface area contributed by atoms with Crippen molar-refractivity contribution in [3.8, 4) is 0 Å². The lowest BCUT2D eigenvalue weighted by Crippen LogP contribution is -2.19. The van der Waals surface area contributed by atoms with Crippen LogP contribution in [0.4, 0.5) is 0 Å². The second-order valence-electron chi connectivity index (χ2n) is 6.07.